The van der Waals surface area contributed by atoms with Crippen molar-refractivity contribution < 1.29 is 4.79 Å². The Bertz CT molecular complexity index is 670. The monoisotopic (exact) mass is 318 g/mol. The first-order chi connectivity index (χ1) is 9.02. The van der Waals surface area contributed by atoms with Crippen LogP contribution in [0.1, 0.15) is 16.1 Å². The van der Waals surface area contributed by atoms with E-state index in [1.165, 1.54) is 4.90 Å². The molecule has 0 radical (unpaired) electrons. The van der Waals surface area contributed by atoms with Gasteiger partial charge in [0.2, 0.25) is 0 Å². The van der Waals surface area contributed by atoms with Gasteiger partial charge in [0.1, 0.15) is 6.07 Å². The summed E-state index contributed by atoms with van der Waals surface area (Å²) in [6.45, 7) is 0. The molecule has 1 aromatic carbocycles. The summed E-state index contributed by atoms with van der Waals surface area (Å²) in [5, 5.41) is 13.1. The Morgan fingerprint density at radius 1 is 1.42 bits per heavy atom. The predicted molar refractivity (Wildman–Crippen MR) is 74.0 cm³/mol. The van der Waals surface area contributed by atoms with Crippen LogP contribution in [0.15, 0.2) is 34.9 Å². The van der Waals surface area contributed by atoms with Crippen molar-refractivity contribution >= 4 is 21.8 Å². The molecule has 2 aromatic rings. The SMILES string of the molecule is CN(C)C(=O)c1ccn(-c2ccc(C#N)c(Br)c2)n1. The second-order valence-corrected chi connectivity index (χ2v) is 4.98. The van der Waals surface area contributed by atoms with Gasteiger partial charge >= 0.3 is 0 Å². The molecule has 5 nitrogen and oxygen atoms in total. The lowest BCUT2D eigenvalue weighted by atomic mass is 10.2. The normalized spacial score (nSPS) is 10.0. The molecule has 0 fully saturated rings. The first kappa shape index (κ1) is 13.3. The third-order valence-corrected chi connectivity index (χ3v) is 3.21. The van der Waals surface area contributed by atoms with Crippen molar-refractivity contribution in [2.45, 2.75) is 0 Å². The molecule has 6 heteroatoms. The van der Waals surface area contributed by atoms with Crippen LogP contribution >= 0.6 is 15.9 Å². The number of amides is 1. The minimum atomic E-state index is -0.147. The number of rotatable bonds is 2. The molecule has 0 aliphatic heterocycles. The summed E-state index contributed by atoms with van der Waals surface area (Å²) in [7, 11) is 3.36. The summed E-state index contributed by atoms with van der Waals surface area (Å²) in [6.07, 6.45) is 1.71. The molecule has 0 atom stereocenters. The fourth-order valence-corrected chi connectivity index (χ4v) is 2.00. The number of benzene rings is 1. The molecule has 96 valence electrons. The Kier molecular flexibility index (Phi) is 3.67. The average Bonchev–Trinajstić information content (AvgIpc) is 2.87. The van der Waals surface area contributed by atoms with Gasteiger partial charge in [0.15, 0.2) is 5.69 Å². The van der Waals surface area contributed by atoms with E-state index in [1.54, 1.807) is 49.2 Å². The maximum absolute atomic E-state index is 11.8. The van der Waals surface area contributed by atoms with Gasteiger partial charge in [-0.05, 0) is 40.2 Å². The van der Waals surface area contributed by atoms with Gasteiger partial charge < -0.3 is 4.90 Å². The second-order valence-electron chi connectivity index (χ2n) is 4.12. The lowest BCUT2D eigenvalue weighted by Crippen LogP contribution is -2.22. The number of carbonyl (C=O) groups is 1. The van der Waals surface area contributed by atoms with Gasteiger partial charge in [-0.15, -0.1) is 0 Å². The lowest BCUT2D eigenvalue weighted by molar-refractivity contribution is 0.0821. The molecular weight excluding hydrogens is 308 g/mol. The van der Waals surface area contributed by atoms with Crippen molar-refractivity contribution in [1.29, 1.82) is 5.26 Å². The topological polar surface area (TPSA) is 61.9 Å². The third kappa shape index (κ3) is 2.66. The van der Waals surface area contributed by atoms with Crippen molar-refractivity contribution in [2.75, 3.05) is 14.1 Å². The van der Waals surface area contributed by atoms with E-state index in [1.807, 2.05) is 0 Å². The standard InChI is InChI=1S/C13H11BrN4O/c1-17(2)13(19)12-5-6-18(16-12)10-4-3-9(8-15)11(14)7-10/h3-7H,1-2H3. The van der Waals surface area contributed by atoms with Crippen LogP contribution in [0.25, 0.3) is 5.69 Å². The van der Waals surface area contributed by atoms with E-state index in [0.717, 1.165) is 5.69 Å². The van der Waals surface area contributed by atoms with Crippen LogP contribution in [0.5, 0.6) is 0 Å². The van der Waals surface area contributed by atoms with Gasteiger partial charge in [0.25, 0.3) is 5.91 Å². The Morgan fingerprint density at radius 3 is 2.74 bits per heavy atom. The Hall–Kier alpha value is -2.13. The summed E-state index contributed by atoms with van der Waals surface area (Å²) in [6, 6.07) is 9.00. The molecule has 1 amide bonds. The van der Waals surface area contributed by atoms with E-state index in [4.69, 9.17) is 5.26 Å². The van der Waals surface area contributed by atoms with Crippen molar-refractivity contribution in [3.05, 3.63) is 46.2 Å². The minimum absolute atomic E-state index is 0.147. The van der Waals surface area contributed by atoms with Gasteiger partial charge in [0.05, 0.1) is 11.3 Å². The average molecular weight is 319 g/mol. The van der Waals surface area contributed by atoms with Gasteiger partial charge in [-0.2, -0.15) is 10.4 Å². The smallest absolute Gasteiger partial charge is 0.273 e. The van der Waals surface area contributed by atoms with Crippen LogP contribution in [-0.4, -0.2) is 34.7 Å². The Morgan fingerprint density at radius 2 is 2.16 bits per heavy atom. The second kappa shape index (κ2) is 5.24. The highest BCUT2D eigenvalue weighted by atomic mass is 79.9. The molecular formula is C13H11BrN4O. The highest BCUT2D eigenvalue weighted by Gasteiger charge is 2.12. The maximum atomic E-state index is 11.8. The molecule has 1 aromatic heterocycles. The molecule has 0 aliphatic carbocycles. The molecule has 0 aliphatic rings. The molecule has 19 heavy (non-hydrogen) atoms. The van der Waals surface area contributed by atoms with E-state index in [-0.39, 0.29) is 5.91 Å². The van der Waals surface area contributed by atoms with Crippen molar-refractivity contribution in [1.82, 2.24) is 14.7 Å². The summed E-state index contributed by atoms with van der Waals surface area (Å²) >= 11 is 3.32. The molecule has 0 spiro atoms. The zero-order valence-electron chi connectivity index (χ0n) is 10.5. The van der Waals surface area contributed by atoms with Gasteiger partial charge in [-0.3, -0.25) is 4.79 Å². The van der Waals surface area contributed by atoms with Crippen LogP contribution in [0.2, 0.25) is 0 Å². The number of halogens is 1. The zero-order chi connectivity index (χ0) is 14.0. The Balaban J connectivity index is 2.36. The predicted octanol–water partition coefficient (Wildman–Crippen LogP) is 2.21. The third-order valence-electron chi connectivity index (χ3n) is 2.55. The largest absolute Gasteiger partial charge is 0.343 e. The molecule has 0 unspecified atom stereocenters. The number of hydrogen-bond acceptors (Lipinski definition) is 3. The summed E-state index contributed by atoms with van der Waals surface area (Å²) in [4.78, 5) is 13.2. The van der Waals surface area contributed by atoms with Crippen molar-refractivity contribution in [2.24, 2.45) is 0 Å². The van der Waals surface area contributed by atoms with Gasteiger partial charge in [-0.1, -0.05) is 0 Å². The molecule has 0 bridgehead atoms. The summed E-state index contributed by atoms with van der Waals surface area (Å²) in [5.41, 5.74) is 1.72. The van der Waals surface area contributed by atoms with Crippen molar-refractivity contribution in [3.8, 4) is 11.8 Å². The molecule has 0 N–H and O–H groups in total. The molecule has 0 saturated carbocycles. The van der Waals surface area contributed by atoms with E-state index < -0.39 is 0 Å². The minimum Gasteiger partial charge on any atom is -0.343 e. The maximum Gasteiger partial charge on any atom is 0.273 e. The van der Waals surface area contributed by atoms with E-state index in [9.17, 15) is 4.79 Å². The number of carbonyl (C=O) groups excluding carboxylic acids is 1. The number of nitriles is 1. The van der Waals surface area contributed by atoms with E-state index in [2.05, 4.69) is 27.1 Å². The molecule has 0 saturated heterocycles. The van der Waals surface area contributed by atoms with Crippen molar-refractivity contribution in [3.63, 3.8) is 0 Å². The van der Waals surface area contributed by atoms with Gasteiger partial charge in [-0.25, -0.2) is 4.68 Å². The van der Waals surface area contributed by atoms with Crippen LogP contribution in [0.4, 0.5) is 0 Å². The first-order valence-electron chi connectivity index (χ1n) is 5.50. The summed E-state index contributed by atoms with van der Waals surface area (Å²) < 4.78 is 2.30. The number of hydrogen-bond donors (Lipinski definition) is 0. The lowest BCUT2D eigenvalue weighted by Gasteiger charge is -2.07. The number of nitrogens with zero attached hydrogens (tertiary/aromatic N) is 4. The van der Waals surface area contributed by atoms with Crippen LogP contribution in [-0.2, 0) is 0 Å². The van der Waals surface area contributed by atoms with E-state index in [0.29, 0.717) is 15.7 Å². The van der Waals surface area contributed by atoms with Crippen LogP contribution in [0, 0.1) is 11.3 Å². The van der Waals surface area contributed by atoms with Crippen LogP contribution in [0.3, 0.4) is 0 Å². The highest BCUT2D eigenvalue weighted by molar-refractivity contribution is 9.10. The Labute approximate surface area is 119 Å². The highest BCUT2D eigenvalue weighted by Crippen LogP contribution is 2.20. The first-order valence-corrected chi connectivity index (χ1v) is 6.29. The zero-order valence-corrected chi connectivity index (χ0v) is 12.0. The van der Waals surface area contributed by atoms with Crippen LogP contribution < -0.4 is 0 Å². The fourth-order valence-electron chi connectivity index (χ4n) is 1.55. The van der Waals surface area contributed by atoms with E-state index >= 15 is 0 Å². The summed E-state index contributed by atoms with van der Waals surface area (Å²) in [5.74, 6) is -0.147. The number of aromatic nitrogens is 2. The molecule has 2 rings (SSSR count). The van der Waals surface area contributed by atoms with Gasteiger partial charge in [0, 0.05) is 24.8 Å². The molecule has 1 heterocycles. The quantitative estimate of drug-likeness (QED) is 0.852. The fraction of sp³-hybridized carbons (Fsp3) is 0.154.